The van der Waals surface area contributed by atoms with Crippen molar-refractivity contribution in [3.05, 3.63) is 108 Å². The molecule has 5 rings (SSSR count). The monoisotopic (exact) mass is 648 g/mol. The fourth-order valence-electron chi connectivity index (χ4n) is 4.18. The Balaban J connectivity index is 1.46. The molecule has 0 aliphatic carbocycles. The summed E-state index contributed by atoms with van der Waals surface area (Å²) >= 11 is 8.79. The molecular weight excluding hydrogens is 617 g/mol. The van der Waals surface area contributed by atoms with Gasteiger partial charge in [-0.15, -0.1) is 56.7 Å². The molecule has 0 aliphatic rings. The van der Waals surface area contributed by atoms with Gasteiger partial charge in [0.15, 0.2) is 0 Å². The van der Waals surface area contributed by atoms with Crippen molar-refractivity contribution in [2.45, 2.75) is 66.7 Å². The first kappa shape index (κ1) is 31.2. The average molecular weight is 649 g/mol. The minimum atomic E-state index is 0.965. The van der Waals surface area contributed by atoms with E-state index in [-0.39, 0.29) is 0 Å². The molecule has 0 saturated heterocycles. The zero-order valence-electron chi connectivity index (χ0n) is 25.1. The van der Waals surface area contributed by atoms with Crippen LogP contribution in [-0.2, 0) is 32.1 Å². The quantitative estimate of drug-likeness (QED) is 0.166. The van der Waals surface area contributed by atoms with Crippen molar-refractivity contribution >= 4 is 56.7 Å². The van der Waals surface area contributed by atoms with E-state index in [1.54, 1.807) is 56.7 Å². The summed E-state index contributed by atoms with van der Waals surface area (Å²) in [6.07, 6.45) is 5.01. The van der Waals surface area contributed by atoms with Gasteiger partial charge in [-0.2, -0.15) is 0 Å². The van der Waals surface area contributed by atoms with Gasteiger partial charge < -0.3 is 0 Å². The largest absolute Gasteiger partial charge is 0.148 e. The van der Waals surface area contributed by atoms with Crippen molar-refractivity contribution in [3.63, 3.8) is 0 Å². The summed E-state index contributed by atoms with van der Waals surface area (Å²) < 4.78 is 0. The first-order valence-corrected chi connectivity index (χ1v) is 18.8. The van der Waals surface area contributed by atoms with Gasteiger partial charge in [-0.3, -0.25) is 0 Å². The molecule has 0 amide bonds. The lowest BCUT2D eigenvalue weighted by Gasteiger charge is -1.88. The highest BCUT2D eigenvalue weighted by atomic mass is 32.1. The Morgan fingerprint density at radius 3 is 1.35 bits per heavy atom. The second-order valence-electron chi connectivity index (χ2n) is 9.70. The third kappa shape index (κ3) is 8.02. The molecule has 0 fully saturated rings. The molecule has 5 heterocycles. The molecule has 214 valence electrons. The standard InChI is InChI=1S/C38H32S5/c1-6-30-16-17-35(40-30)15-12-27-22-32(8-3)42-37(27)19-14-29-24-34(10-5)43-38(29)20-13-28-23-33(9-4)41-36(28)18-11-26-21-31(7-2)39-25-26/h16-17,21-25H,6-10H2,1-5H3. The maximum absolute atomic E-state index is 3.48. The molecule has 0 radical (unpaired) electrons. The molecule has 0 N–H and O–H groups in total. The van der Waals surface area contributed by atoms with E-state index < -0.39 is 0 Å². The van der Waals surface area contributed by atoms with Crippen molar-refractivity contribution < 1.29 is 0 Å². The van der Waals surface area contributed by atoms with Crippen LogP contribution in [0.1, 0.15) is 101 Å². The zero-order valence-corrected chi connectivity index (χ0v) is 29.2. The van der Waals surface area contributed by atoms with Gasteiger partial charge in [-0.1, -0.05) is 64.2 Å². The van der Waals surface area contributed by atoms with Crippen molar-refractivity contribution in [1.29, 1.82) is 0 Å². The molecule has 5 aromatic heterocycles. The molecule has 0 unspecified atom stereocenters. The molecular formula is C38H32S5. The summed E-state index contributed by atoms with van der Waals surface area (Å²) in [5.41, 5.74) is 4.11. The highest BCUT2D eigenvalue weighted by Crippen LogP contribution is 2.26. The average Bonchev–Trinajstić information content (AvgIpc) is 3.86. The topological polar surface area (TPSA) is 0 Å². The van der Waals surface area contributed by atoms with Crippen LogP contribution in [0.2, 0.25) is 0 Å². The SMILES string of the molecule is CCc1cc(C#Cc2sc(CC)cc2C#Cc2sc(CC)cc2C#Cc2sc(CC)cc2C#Cc2ccc(CC)s2)cs1. The molecule has 0 bridgehead atoms. The fraction of sp³-hybridized carbons (Fsp3) is 0.263. The van der Waals surface area contributed by atoms with E-state index in [2.05, 4.69) is 124 Å². The van der Waals surface area contributed by atoms with Gasteiger partial charge in [-0.25, -0.2) is 0 Å². The molecule has 0 spiro atoms. The molecule has 5 aromatic rings. The number of hydrogen-bond acceptors (Lipinski definition) is 5. The van der Waals surface area contributed by atoms with E-state index in [1.165, 1.54) is 24.4 Å². The lowest BCUT2D eigenvalue weighted by Crippen LogP contribution is -1.79. The fourth-order valence-corrected chi connectivity index (χ4v) is 8.46. The Hall–Kier alpha value is -3.26. The van der Waals surface area contributed by atoms with E-state index in [0.29, 0.717) is 0 Å². The Morgan fingerprint density at radius 2 is 0.907 bits per heavy atom. The molecule has 0 atom stereocenters. The van der Waals surface area contributed by atoms with Crippen LogP contribution in [0.4, 0.5) is 0 Å². The predicted octanol–water partition coefficient (Wildman–Crippen LogP) is 10.4. The Bertz CT molecular complexity index is 1840. The van der Waals surface area contributed by atoms with Gasteiger partial charge in [0.2, 0.25) is 0 Å². The van der Waals surface area contributed by atoms with E-state index >= 15 is 0 Å². The highest BCUT2D eigenvalue weighted by Gasteiger charge is 2.09. The van der Waals surface area contributed by atoms with Crippen molar-refractivity contribution in [2.24, 2.45) is 0 Å². The summed E-state index contributed by atoms with van der Waals surface area (Å²) in [6.45, 7) is 10.9. The lowest BCUT2D eigenvalue weighted by atomic mass is 10.2. The second-order valence-corrected chi connectivity index (χ2v) is 15.3. The molecule has 0 nitrogen and oxygen atoms in total. The van der Waals surface area contributed by atoms with E-state index in [0.717, 1.165) is 73.9 Å². The highest BCUT2D eigenvalue weighted by molar-refractivity contribution is 7.13. The first-order valence-electron chi connectivity index (χ1n) is 14.6. The minimum Gasteiger partial charge on any atom is -0.148 e. The van der Waals surface area contributed by atoms with Gasteiger partial charge in [-0.05, 0) is 86.3 Å². The van der Waals surface area contributed by atoms with E-state index in [9.17, 15) is 0 Å². The normalized spacial score (nSPS) is 10.2. The van der Waals surface area contributed by atoms with Crippen molar-refractivity contribution in [1.82, 2.24) is 0 Å². The molecule has 0 saturated carbocycles. The second kappa shape index (κ2) is 15.0. The number of aryl methyl sites for hydroxylation is 5. The third-order valence-corrected chi connectivity index (χ3v) is 12.5. The van der Waals surface area contributed by atoms with Gasteiger partial charge >= 0.3 is 0 Å². The maximum atomic E-state index is 3.48. The van der Waals surface area contributed by atoms with Crippen molar-refractivity contribution in [3.8, 4) is 47.4 Å². The zero-order chi connectivity index (χ0) is 30.2. The Labute approximate surface area is 276 Å². The van der Waals surface area contributed by atoms with Crippen LogP contribution in [-0.4, -0.2) is 0 Å². The van der Waals surface area contributed by atoms with Crippen LogP contribution in [0.3, 0.4) is 0 Å². The summed E-state index contributed by atoms with van der Waals surface area (Å²) in [7, 11) is 0. The lowest BCUT2D eigenvalue weighted by molar-refractivity contribution is 1.19. The minimum absolute atomic E-state index is 0.965. The molecule has 43 heavy (non-hydrogen) atoms. The maximum Gasteiger partial charge on any atom is 0.0931 e. The smallest absolute Gasteiger partial charge is 0.0931 e. The van der Waals surface area contributed by atoms with E-state index in [4.69, 9.17) is 0 Å². The first-order chi connectivity index (χ1) is 21.0. The predicted molar refractivity (Wildman–Crippen MR) is 192 cm³/mol. The number of thiophene rings is 5. The van der Waals surface area contributed by atoms with Crippen LogP contribution < -0.4 is 0 Å². The van der Waals surface area contributed by atoms with Crippen LogP contribution in [0.25, 0.3) is 0 Å². The summed E-state index contributed by atoms with van der Waals surface area (Å²) in [4.78, 5) is 10.8. The summed E-state index contributed by atoms with van der Waals surface area (Å²) in [6, 6.07) is 13.1. The molecule has 5 heteroatoms. The Morgan fingerprint density at radius 1 is 0.442 bits per heavy atom. The Kier molecular flexibility index (Phi) is 10.8. The van der Waals surface area contributed by atoms with Crippen LogP contribution in [0.15, 0.2) is 41.8 Å². The molecule has 0 aliphatic heterocycles. The molecule has 0 aromatic carbocycles. The van der Waals surface area contributed by atoms with Gasteiger partial charge in [0.25, 0.3) is 0 Å². The summed E-state index contributed by atoms with van der Waals surface area (Å²) in [5.74, 6) is 27.5. The van der Waals surface area contributed by atoms with Crippen LogP contribution in [0, 0.1) is 47.4 Å². The van der Waals surface area contributed by atoms with Gasteiger partial charge in [0, 0.05) is 35.3 Å². The van der Waals surface area contributed by atoms with Crippen LogP contribution >= 0.6 is 56.7 Å². The van der Waals surface area contributed by atoms with Gasteiger partial charge in [0.05, 0.1) is 36.2 Å². The van der Waals surface area contributed by atoms with Crippen LogP contribution in [0.5, 0.6) is 0 Å². The summed E-state index contributed by atoms with van der Waals surface area (Å²) in [5, 5.41) is 2.15. The van der Waals surface area contributed by atoms with Crippen molar-refractivity contribution in [2.75, 3.05) is 0 Å². The number of hydrogen-bond donors (Lipinski definition) is 0. The number of rotatable bonds is 5. The van der Waals surface area contributed by atoms with Gasteiger partial charge in [0.1, 0.15) is 0 Å². The third-order valence-electron chi connectivity index (χ3n) is 6.67. The van der Waals surface area contributed by atoms with E-state index in [1.807, 2.05) is 0 Å².